The standard InChI is InChI=1S/C12H8ClN3O/c13-9-2-1-8(6-14)5-10(9)16-11(17)12(7-15)3-4-12/h1-2,5H,3-4H2,(H,16,17). The van der Waals surface area contributed by atoms with Crippen LogP contribution in [0.15, 0.2) is 18.2 Å². The summed E-state index contributed by atoms with van der Waals surface area (Å²) >= 11 is 5.90. The molecule has 5 heteroatoms. The maximum absolute atomic E-state index is 11.8. The first-order valence-electron chi connectivity index (χ1n) is 5.04. The number of rotatable bonds is 2. The Morgan fingerprint density at radius 2 is 2.12 bits per heavy atom. The summed E-state index contributed by atoms with van der Waals surface area (Å²) in [7, 11) is 0. The Balaban J connectivity index is 2.23. The van der Waals surface area contributed by atoms with Crippen LogP contribution >= 0.6 is 11.6 Å². The quantitative estimate of drug-likeness (QED) is 0.869. The highest BCUT2D eigenvalue weighted by Crippen LogP contribution is 2.46. The number of nitriles is 2. The van der Waals surface area contributed by atoms with Crippen molar-refractivity contribution in [2.45, 2.75) is 12.8 Å². The number of amides is 1. The Hall–Kier alpha value is -2.04. The van der Waals surface area contributed by atoms with Crippen LogP contribution < -0.4 is 5.32 Å². The number of carbonyl (C=O) groups is 1. The van der Waals surface area contributed by atoms with Crippen molar-refractivity contribution in [3.8, 4) is 12.1 Å². The molecule has 1 saturated carbocycles. The Bertz CT molecular complexity index is 564. The minimum Gasteiger partial charge on any atom is -0.323 e. The number of halogens is 1. The number of anilines is 1. The smallest absolute Gasteiger partial charge is 0.244 e. The average Bonchev–Trinajstić information content (AvgIpc) is 3.13. The van der Waals surface area contributed by atoms with Crippen LogP contribution in [0.4, 0.5) is 5.69 Å². The molecule has 4 nitrogen and oxygen atoms in total. The van der Waals surface area contributed by atoms with Gasteiger partial charge in [-0.3, -0.25) is 4.79 Å². The predicted octanol–water partition coefficient (Wildman–Crippen LogP) is 2.45. The van der Waals surface area contributed by atoms with E-state index in [0.29, 0.717) is 29.1 Å². The molecule has 1 aliphatic carbocycles. The van der Waals surface area contributed by atoms with Crippen molar-refractivity contribution in [2.24, 2.45) is 5.41 Å². The van der Waals surface area contributed by atoms with Crippen LogP contribution in [0.5, 0.6) is 0 Å². The molecule has 1 amide bonds. The lowest BCUT2D eigenvalue weighted by molar-refractivity contribution is -0.119. The predicted molar refractivity (Wildman–Crippen MR) is 62.1 cm³/mol. The van der Waals surface area contributed by atoms with Gasteiger partial charge in [0.15, 0.2) is 0 Å². The molecule has 1 aromatic carbocycles. The molecule has 84 valence electrons. The Morgan fingerprint density at radius 1 is 1.41 bits per heavy atom. The van der Waals surface area contributed by atoms with E-state index in [2.05, 4.69) is 5.32 Å². The Kier molecular flexibility index (Phi) is 2.75. The summed E-state index contributed by atoms with van der Waals surface area (Å²) in [5.41, 5.74) is -0.116. The molecule has 0 bridgehead atoms. The van der Waals surface area contributed by atoms with E-state index in [9.17, 15) is 4.79 Å². The van der Waals surface area contributed by atoms with E-state index in [1.165, 1.54) is 6.07 Å². The van der Waals surface area contributed by atoms with Crippen molar-refractivity contribution in [1.29, 1.82) is 10.5 Å². The molecule has 1 aliphatic rings. The molecule has 1 aromatic rings. The minimum atomic E-state index is -0.897. The van der Waals surface area contributed by atoms with Crippen LogP contribution in [0.3, 0.4) is 0 Å². The Morgan fingerprint density at radius 3 is 2.65 bits per heavy atom. The largest absolute Gasteiger partial charge is 0.323 e. The summed E-state index contributed by atoms with van der Waals surface area (Å²) in [6.45, 7) is 0. The topological polar surface area (TPSA) is 76.7 Å². The van der Waals surface area contributed by atoms with E-state index >= 15 is 0 Å². The van der Waals surface area contributed by atoms with Gasteiger partial charge in [0.1, 0.15) is 5.41 Å². The fraction of sp³-hybridized carbons (Fsp3) is 0.250. The summed E-state index contributed by atoms with van der Waals surface area (Å²) in [5.74, 6) is -0.350. The van der Waals surface area contributed by atoms with Crippen molar-refractivity contribution in [3.63, 3.8) is 0 Å². The van der Waals surface area contributed by atoms with Gasteiger partial charge in [0.05, 0.1) is 28.4 Å². The molecule has 0 unspecified atom stereocenters. The highest BCUT2D eigenvalue weighted by atomic mass is 35.5. The number of nitrogens with one attached hydrogen (secondary N) is 1. The van der Waals surface area contributed by atoms with Crippen molar-refractivity contribution in [2.75, 3.05) is 5.32 Å². The lowest BCUT2D eigenvalue weighted by atomic mass is 10.1. The van der Waals surface area contributed by atoms with Crippen molar-refractivity contribution < 1.29 is 4.79 Å². The molecule has 1 fully saturated rings. The minimum absolute atomic E-state index is 0.350. The van der Waals surface area contributed by atoms with Crippen molar-refractivity contribution >= 4 is 23.2 Å². The van der Waals surface area contributed by atoms with Crippen LogP contribution in [0.25, 0.3) is 0 Å². The van der Waals surface area contributed by atoms with E-state index in [1.807, 2.05) is 12.1 Å². The van der Waals surface area contributed by atoms with Crippen molar-refractivity contribution in [3.05, 3.63) is 28.8 Å². The lowest BCUT2D eigenvalue weighted by Gasteiger charge is -2.09. The molecule has 0 atom stereocenters. The van der Waals surface area contributed by atoms with Gasteiger partial charge in [0, 0.05) is 0 Å². The van der Waals surface area contributed by atoms with Gasteiger partial charge in [0.25, 0.3) is 0 Å². The van der Waals surface area contributed by atoms with Gasteiger partial charge in [-0.15, -0.1) is 0 Å². The molecule has 0 saturated heterocycles. The van der Waals surface area contributed by atoms with Gasteiger partial charge >= 0.3 is 0 Å². The van der Waals surface area contributed by atoms with Crippen molar-refractivity contribution in [1.82, 2.24) is 0 Å². The fourth-order valence-electron chi connectivity index (χ4n) is 1.45. The number of hydrogen-bond donors (Lipinski definition) is 1. The zero-order valence-electron chi connectivity index (χ0n) is 8.83. The monoisotopic (exact) mass is 245 g/mol. The molecule has 0 heterocycles. The first kappa shape index (κ1) is 11.4. The molecule has 2 rings (SSSR count). The highest BCUT2D eigenvalue weighted by molar-refractivity contribution is 6.33. The fourth-order valence-corrected chi connectivity index (χ4v) is 1.61. The summed E-state index contributed by atoms with van der Waals surface area (Å²) in [4.78, 5) is 11.8. The molecule has 0 aromatic heterocycles. The second-order valence-electron chi connectivity index (χ2n) is 3.95. The van der Waals surface area contributed by atoms with E-state index in [-0.39, 0.29) is 5.91 Å². The van der Waals surface area contributed by atoms with Crippen LogP contribution in [-0.4, -0.2) is 5.91 Å². The molecule has 1 N–H and O–H groups in total. The molecular weight excluding hydrogens is 238 g/mol. The average molecular weight is 246 g/mol. The summed E-state index contributed by atoms with van der Waals surface area (Å²) in [6, 6.07) is 8.56. The van der Waals surface area contributed by atoms with Crippen LogP contribution in [0.2, 0.25) is 5.02 Å². The number of carbonyl (C=O) groups excluding carboxylic acids is 1. The van der Waals surface area contributed by atoms with Gasteiger partial charge in [-0.1, -0.05) is 11.6 Å². The number of nitrogens with zero attached hydrogens (tertiary/aromatic N) is 2. The zero-order valence-corrected chi connectivity index (χ0v) is 9.58. The first-order chi connectivity index (χ1) is 8.11. The third-order valence-electron chi connectivity index (χ3n) is 2.74. The normalized spacial score (nSPS) is 15.5. The van der Waals surface area contributed by atoms with Crippen LogP contribution in [-0.2, 0) is 4.79 Å². The molecule has 17 heavy (non-hydrogen) atoms. The van der Waals surface area contributed by atoms with E-state index in [1.54, 1.807) is 12.1 Å². The van der Waals surface area contributed by atoms with Crippen LogP contribution in [0.1, 0.15) is 18.4 Å². The van der Waals surface area contributed by atoms with Gasteiger partial charge in [-0.25, -0.2) is 0 Å². The van der Waals surface area contributed by atoms with E-state index < -0.39 is 5.41 Å². The maximum atomic E-state index is 11.8. The second-order valence-corrected chi connectivity index (χ2v) is 4.36. The van der Waals surface area contributed by atoms with Gasteiger partial charge in [0.2, 0.25) is 5.91 Å². The summed E-state index contributed by atoms with van der Waals surface area (Å²) in [5, 5.41) is 20.6. The van der Waals surface area contributed by atoms with Gasteiger partial charge in [-0.05, 0) is 31.0 Å². The summed E-state index contributed by atoms with van der Waals surface area (Å²) in [6.07, 6.45) is 1.15. The lowest BCUT2D eigenvalue weighted by Crippen LogP contribution is -2.22. The molecule has 0 radical (unpaired) electrons. The third kappa shape index (κ3) is 2.08. The molecule has 0 aliphatic heterocycles. The van der Waals surface area contributed by atoms with E-state index in [4.69, 9.17) is 22.1 Å². The van der Waals surface area contributed by atoms with Gasteiger partial charge < -0.3 is 5.32 Å². The zero-order chi connectivity index (χ0) is 12.5. The molecule has 0 spiro atoms. The number of hydrogen-bond acceptors (Lipinski definition) is 3. The Labute approximate surface area is 103 Å². The van der Waals surface area contributed by atoms with E-state index in [0.717, 1.165) is 0 Å². The van der Waals surface area contributed by atoms with Crippen LogP contribution in [0, 0.1) is 28.1 Å². The third-order valence-corrected chi connectivity index (χ3v) is 3.07. The maximum Gasteiger partial charge on any atom is 0.244 e. The highest BCUT2D eigenvalue weighted by Gasteiger charge is 2.50. The second kappa shape index (κ2) is 4.08. The first-order valence-corrected chi connectivity index (χ1v) is 5.41. The SMILES string of the molecule is N#Cc1ccc(Cl)c(NC(=O)C2(C#N)CC2)c1. The summed E-state index contributed by atoms with van der Waals surface area (Å²) < 4.78 is 0. The number of benzene rings is 1. The van der Waals surface area contributed by atoms with Gasteiger partial charge in [-0.2, -0.15) is 10.5 Å². The molecular formula is C12H8ClN3O.